The molecule has 112 valence electrons. The number of rotatable bonds is 8. The zero-order chi connectivity index (χ0) is 14.5. The zero-order valence-electron chi connectivity index (χ0n) is 12.5. The molecule has 1 saturated carbocycles. The van der Waals surface area contributed by atoms with Crippen LogP contribution in [0, 0.1) is 0 Å². The predicted octanol–water partition coefficient (Wildman–Crippen LogP) is 3.17. The highest BCUT2D eigenvalue weighted by Gasteiger charge is 2.23. The molecule has 2 aromatic rings. The van der Waals surface area contributed by atoms with Gasteiger partial charge in [-0.1, -0.05) is 37.3 Å². The summed E-state index contributed by atoms with van der Waals surface area (Å²) in [6.45, 7) is 3.92. The average molecular weight is 285 g/mol. The van der Waals surface area contributed by atoms with E-state index in [0.717, 1.165) is 25.3 Å². The quantitative estimate of drug-likeness (QED) is 0.809. The minimum Gasteiger partial charge on any atom is -0.481 e. The van der Waals surface area contributed by atoms with Crippen molar-refractivity contribution in [1.82, 2.24) is 15.1 Å². The Morgan fingerprint density at radius 2 is 2.14 bits per heavy atom. The molecule has 1 unspecified atom stereocenters. The molecule has 3 rings (SSSR count). The first-order valence-corrected chi connectivity index (χ1v) is 7.82. The van der Waals surface area contributed by atoms with Crippen LogP contribution in [0.1, 0.15) is 37.9 Å². The topological polar surface area (TPSA) is 39.1 Å². The van der Waals surface area contributed by atoms with Crippen molar-refractivity contribution >= 4 is 0 Å². The third-order valence-corrected chi connectivity index (χ3v) is 3.68. The van der Waals surface area contributed by atoms with Gasteiger partial charge in [-0.05, 0) is 24.8 Å². The molecule has 0 bridgehead atoms. The van der Waals surface area contributed by atoms with Crippen LogP contribution in [-0.2, 0) is 6.54 Å². The van der Waals surface area contributed by atoms with Crippen LogP contribution >= 0.6 is 0 Å². The van der Waals surface area contributed by atoms with Crippen LogP contribution in [-0.4, -0.2) is 22.4 Å². The summed E-state index contributed by atoms with van der Waals surface area (Å²) in [5.41, 5.74) is 1.20. The van der Waals surface area contributed by atoms with Crippen LogP contribution in [0.2, 0.25) is 0 Å². The average Bonchev–Trinajstić information content (AvgIpc) is 3.24. The van der Waals surface area contributed by atoms with E-state index in [1.54, 1.807) is 0 Å². The number of aromatic nitrogens is 2. The van der Waals surface area contributed by atoms with Gasteiger partial charge < -0.3 is 10.1 Å². The number of nitrogens with zero attached hydrogens (tertiary/aromatic N) is 2. The Bertz CT molecular complexity index is 548. The number of benzene rings is 1. The van der Waals surface area contributed by atoms with Gasteiger partial charge in [-0.15, -0.1) is 0 Å². The minimum atomic E-state index is 0.0334. The van der Waals surface area contributed by atoms with E-state index in [2.05, 4.69) is 41.6 Å². The lowest BCUT2D eigenvalue weighted by Crippen LogP contribution is -2.26. The van der Waals surface area contributed by atoms with Crippen molar-refractivity contribution in [1.29, 1.82) is 0 Å². The smallest absolute Gasteiger partial charge is 0.158 e. The van der Waals surface area contributed by atoms with Crippen molar-refractivity contribution in [2.45, 2.75) is 44.9 Å². The maximum absolute atomic E-state index is 6.16. The minimum absolute atomic E-state index is 0.0334. The van der Waals surface area contributed by atoms with Crippen LogP contribution in [0.15, 0.2) is 42.7 Å². The van der Waals surface area contributed by atoms with Crippen LogP contribution < -0.4 is 10.1 Å². The summed E-state index contributed by atoms with van der Waals surface area (Å²) >= 11 is 0. The molecule has 0 amide bonds. The van der Waals surface area contributed by atoms with Gasteiger partial charge in [-0.2, -0.15) is 5.10 Å². The van der Waals surface area contributed by atoms with Crippen LogP contribution in [0.25, 0.3) is 0 Å². The maximum Gasteiger partial charge on any atom is 0.158 e. The van der Waals surface area contributed by atoms with Gasteiger partial charge in [-0.25, -0.2) is 0 Å². The first-order valence-electron chi connectivity index (χ1n) is 7.82. The standard InChI is InChI=1S/C17H23N3O/c1-2-10-20-13-16(11-19-20)21-17(12-18-15-8-9-15)14-6-4-3-5-7-14/h3-7,11,13,15,17-18H,2,8-10,12H2,1H3. The highest BCUT2D eigenvalue weighted by atomic mass is 16.5. The second-order valence-corrected chi connectivity index (χ2v) is 5.64. The molecule has 0 saturated heterocycles. The number of aryl methyl sites for hydroxylation is 1. The fourth-order valence-corrected chi connectivity index (χ4v) is 2.38. The predicted molar refractivity (Wildman–Crippen MR) is 83.4 cm³/mol. The van der Waals surface area contributed by atoms with E-state index >= 15 is 0 Å². The summed E-state index contributed by atoms with van der Waals surface area (Å²) in [6.07, 6.45) is 7.48. The van der Waals surface area contributed by atoms with E-state index in [4.69, 9.17) is 4.74 Å². The molecule has 0 aliphatic heterocycles. The van der Waals surface area contributed by atoms with Gasteiger partial charge in [-0.3, -0.25) is 4.68 Å². The molecular formula is C17H23N3O. The lowest BCUT2D eigenvalue weighted by Gasteiger charge is -2.19. The fraction of sp³-hybridized carbons (Fsp3) is 0.471. The molecule has 0 spiro atoms. The Morgan fingerprint density at radius 3 is 2.86 bits per heavy atom. The van der Waals surface area contributed by atoms with E-state index in [1.165, 1.54) is 18.4 Å². The summed E-state index contributed by atoms with van der Waals surface area (Å²) in [4.78, 5) is 0. The van der Waals surface area contributed by atoms with Crippen LogP contribution in [0.5, 0.6) is 5.75 Å². The van der Waals surface area contributed by atoms with Crippen molar-refractivity contribution < 1.29 is 4.74 Å². The van der Waals surface area contributed by atoms with Gasteiger partial charge in [0.2, 0.25) is 0 Å². The van der Waals surface area contributed by atoms with E-state index in [0.29, 0.717) is 6.04 Å². The third kappa shape index (κ3) is 4.08. The third-order valence-electron chi connectivity index (χ3n) is 3.68. The molecule has 1 N–H and O–H groups in total. The normalized spacial score (nSPS) is 15.9. The number of ether oxygens (including phenoxy) is 1. The molecule has 1 fully saturated rings. The van der Waals surface area contributed by atoms with Gasteiger partial charge >= 0.3 is 0 Å². The molecule has 1 aliphatic rings. The summed E-state index contributed by atoms with van der Waals surface area (Å²) in [5.74, 6) is 0.843. The number of hydrogen-bond acceptors (Lipinski definition) is 3. The molecule has 4 nitrogen and oxygen atoms in total. The van der Waals surface area contributed by atoms with Crippen molar-refractivity contribution in [2.24, 2.45) is 0 Å². The second kappa shape index (κ2) is 6.76. The largest absolute Gasteiger partial charge is 0.481 e. The zero-order valence-corrected chi connectivity index (χ0v) is 12.5. The molecule has 1 aromatic carbocycles. The molecule has 4 heteroatoms. The molecular weight excluding hydrogens is 262 g/mol. The molecule has 1 heterocycles. The molecule has 21 heavy (non-hydrogen) atoms. The van der Waals surface area contributed by atoms with Crippen molar-refractivity contribution in [3.8, 4) is 5.75 Å². The lowest BCUT2D eigenvalue weighted by atomic mass is 10.1. The van der Waals surface area contributed by atoms with Gasteiger partial charge in [0.15, 0.2) is 5.75 Å². The highest BCUT2D eigenvalue weighted by molar-refractivity contribution is 5.21. The van der Waals surface area contributed by atoms with Crippen molar-refractivity contribution in [3.63, 3.8) is 0 Å². The van der Waals surface area contributed by atoms with Crippen molar-refractivity contribution in [3.05, 3.63) is 48.3 Å². The number of nitrogens with one attached hydrogen (secondary N) is 1. The summed E-state index contributed by atoms with van der Waals surface area (Å²) in [6, 6.07) is 11.1. The first kappa shape index (κ1) is 14.1. The lowest BCUT2D eigenvalue weighted by molar-refractivity contribution is 0.201. The van der Waals surface area contributed by atoms with Gasteiger partial charge in [0.1, 0.15) is 6.10 Å². The summed E-state index contributed by atoms with van der Waals surface area (Å²) in [5, 5.41) is 7.89. The molecule has 1 aromatic heterocycles. The maximum atomic E-state index is 6.16. The molecule has 1 atom stereocenters. The summed E-state index contributed by atoms with van der Waals surface area (Å²) in [7, 11) is 0. The monoisotopic (exact) mass is 285 g/mol. The Kier molecular flexibility index (Phi) is 4.55. The fourth-order valence-electron chi connectivity index (χ4n) is 2.38. The Balaban J connectivity index is 1.67. The van der Waals surface area contributed by atoms with Crippen molar-refractivity contribution in [2.75, 3.05) is 6.54 Å². The van der Waals surface area contributed by atoms with Gasteiger partial charge in [0.05, 0.1) is 12.4 Å². The van der Waals surface area contributed by atoms with E-state index in [1.807, 2.05) is 23.1 Å². The molecule has 1 aliphatic carbocycles. The Labute approximate surface area is 126 Å². The Hall–Kier alpha value is -1.81. The SMILES string of the molecule is CCCn1cc(OC(CNC2CC2)c2ccccc2)cn1. The second-order valence-electron chi connectivity index (χ2n) is 5.64. The number of hydrogen-bond donors (Lipinski definition) is 1. The van der Waals surface area contributed by atoms with Gasteiger partial charge in [0.25, 0.3) is 0 Å². The first-order chi connectivity index (χ1) is 10.3. The van der Waals surface area contributed by atoms with Crippen LogP contribution in [0.4, 0.5) is 0 Å². The Morgan fingerprint density at radius 1 is 1.33 bits per heavy atom. The van der Waals surface area contributed by atoms with E-state index in [-0.39, 0.29) is 6.10 Å². The van der Waals surface area contributed by atoms with Gasteiger partial charge in [0, 0.05) is 19.1 Å². The summed E-state index contributed by atoms with van der Waals surface area (Å²) < 4.78 is 8.10. The van der Waals surface area contributed by atoms with E-state index in [9.17, 15) is 0 Å². The highest BCUT2D eigenvalue weighted by Crippen LogP contribution is 2.24. The van der Waals surface area contributed by atoms with Crippen LogP contribution in [0.3, 0.4) is 0 Å². The van der Waals surface area contributed by atoms with E-state index < -0.39 is 0 Å². The molecule has 0 radical (unpaired) electrons.